The van der Waals surface area contributed by atoms with E-state index in [1.165, 1.54) is 36.9 Å². The van der Waals surface area contributed by atoms with E-state index in [9.17, 15) is 0 Å². The molecule has 0 amide bonds. The topological polar surface area (TPSA) is 38.9 Å². The molecule has 0 saturated carbocycles. The fourth-order valence-corrected chi connectivity index (χ4v) is 1.96. The zero-order chi connectivity index (χ0) is 9.10. The third-order valence-electron chi connectivity index (χ3n) is 2.69. The van der Waals surface area contributed by atoms with Crippen LogP contribution in [-0.2, 0) is 12.8 Å². The zero-order valence-corrected chi connectivity index (χ0v) is 7.92. The van der Waals surface area contributed by atoms with E-state index in [0.717, 1.165) is 18.5 Å². The van der Waals surface area contributed by atoms with Crippen molar-refractivity contribution in [3.8, 4) is 0 Å². The summed E-state index contributed by atoms with van der Waals surface area (Å²) in [4.78, 5) is 4.40. The highest BCUT2D eigenvalue weighted by Gasteiger charge is 2.07. The molecule has 0 atom stereocenters. The number of rotatable bonds is 0. The zero-order valence-electron chi connectivity index (χ0n) is 7.92. The minimum Gasteiger partial charge on any atom is -0.397 e. The molecule has 1 aromatic rings. The number of hydrogen-bond acceptors (Lipinski definition) is 2. The molecule has 1 aliphatic carbocycles. The number of fused-ring (bicyclic) bond motifs is 1. The Morgan fingerprint density at radius 2 is 1.85 bits per heavy atom. The van der Waals surface area contributed by atoms with Crippen LogP contribution in [0.1, 0.15) is 36.9 Å². The second-order valence-corrected chi connectivity index (χ2v) is 3.79. The maximum absolute atomic E-state index is 5.71. The Morgan fingerprint density at radius 1 is 1.08 bits per heavy atom. The molecule has 70 valence electrons. The maximum Gasteiger partial charge on any atom is 0.0503 e. The van der Waals surface area contributed by atoms with Crippen molar-refractivity contribution in [3.63, 3.8) is 0 Å². The minimum absolute atomic E-state index is 0.805. The van der Waals surface area contributed by atoms with Crippen LogP contribution < -0.4 is 5.73 Å². The molecule has 13 heavy (non-hydrogen) atoms. The molecule has 0 aliphatic heterocycles. The summed E-state index contributed by atoms with van der Waals surface area (Å²) in [5, 5.41) is 0. The number of anilines is 1. The molecule has 0 saturated heterocycles. The van der Waals surface area contributed by atoms with Crippen molar-refractivity contribution in [3.05, 3.63) is 23.5 Å². The lowest BCUT2D eigenvalue weighted by molar-refractivity contribution is 0.609. The molecule has 1 heterocycles. The Kier molecular flexibility index (Phi) is 2.48. The highest BCUT2D eigenvalue weighted by atomic mass is 14.7. The molecule has 2 heteroatoms. The van der Waals surface area contributed by atoms with Crippen molar-refractivity contribution in [2.45, 2.75) is 38.5 Å². The maximum atomic E-state index is 5.71. The first-order valence-corrected chi connectivity index (χ1v) is 5.09. The number of nitrogen functional groups attached to an aromatic ring is 1. The van der Waals surface area contributed by atoms with Gasteiger partial charge in [0.1, 0.15) is 0 Å². The van der Waals surface area contributed by atoms with Crippen LogP contribution in [0.25, 0.3) is 0 Å². The molecule has 1 aromatic heterocycles. The number of hydrogen-bond donors (Lipinski definition) is 1. The van der Waals surface area contributed by atoms with Crippen molar-refractivity contribution < 1.29 is 0 Å². The van der Waals surface area contributed by atoms with Gasteiger partial charge in [-0.3, -0.25) is 4.98 Å². The summed E-state index contributed by atoms with van der Waals surface area (Å²) in [6.07, 6.45) is 9.35. The van der Waals surface area contributed by atoms with Crippen LogP contribution in [0.3, 0.4) is 0 Å². The second kappa shape index (κ2) is 3.77. The number of nitrogens with two attached hydrogens (primary N) is 1. The molecular formula is C11H16N2. The Morgan fingerprint density at radius 3 is 2.69 bits per heavy atom. The van der Waals surface area contributed by atoms with Gasteiger partial charge in [0, 0.05) is 5.69 Å². The first kappa shape index (κ1) is 8.54. The summed E-state index contributed by atoms with van der Waals surface area (Å²) in [7, 11) is 0. The molecule has 2 N–H and O–H groups in total. The van der Waals surface area contributed by atoms with Gasteiger partial charge in [0.15, 0.2) is 0 Å². The van der Waals surface area contributed by atoms with E-state index in [1.54, 1.807) is 6.20 Å². The quantitative estimate of drug-likeness (QED) is 0.659. The predicted octanol–water partition coefficient (Wildman–Crippen LogP) is 2.32. The normalized spacial score (nSPS) is 17.2. The van der Waals surface area contributed by atoms with Crippen LogP contribution in [0.5, 0.6) is 0 Å². The van der Waals surface area contributed by atoms with Gasteiger partial charge in [0.2, 0.25) is 0 Å². The monoisotopic (exact) mass is 176 g/mol. The third kappa shape index (κ3) is 2.00. The van der Waals surface area contributed by atoms with Gasteiger partial charge in [-0.15, -0.1) is 0 Å². The fourth-order valence-electron chi connectivity index (χ4n) is 1.96. The summed E-state index contributed by atoms with van der Waals surface area (Å²) in [6.45, 7) is 0. The summed E-state index contributed by atoms with van der Waals surface area (Å²) in [5.41, 5.74) is 9.16. The highest BCUT2D eigenvalue weighted by Crippen LogP contribution is 2.19. The molecule has 0 radical (unpaired) electrons. The SMILES string of the molecule is Nc1cnc2c(c1)CCCCCC2. The van der Waals surface area contributed by atoms with Crippen LogP contribution in [0.2, 0.25) is 0 Å². The van der Waals surface area contributed by atoms with Crippen LogP contribution >= 0.6 is 0 Å². The lowest BCUT2D eigenvalue weighted by Crippen LogP contribution is -2.03. The minimum atomic E-state index is 0.805. The Balaban J connectivity index is 2.28. The van der Waals surface area contributed by atoms with Gasteiger partial charge in [-0.2, -0.15) is 0 Å². The molecule has 0 aromatic carbocycles. The fraction of sp³-hybridized carbons (Fsp3) is 0.545. The van der Waals surface area contributed by atoms with Crippen molar-refractivity contribution in [1.82, 2.24) is 4.98 Å². The van der Waals surface area contributed by atoms with Gasteiger partial charge in [0.05, 0.1) is 11.9 Å². The molecule has 1 aliphatic rings. The summed E-state index contributed by atoms with van der Waals surface area (Å²) in [6, 6.07) is 2.09. The predicted molar refractivity (Wildman–Crippen MR) is 54.5 cm³/mol. The van der Waals surface area contributed by atoms with Crippen LogP contribution in [0, 0.1) is 0 Å². The lowest BCUT2D eigenvalue weighted by Gasteiger charge is -2.12. The number of aryl methyl sites for hydroxylation is 2. The van der Waals surface area contributed by atoms with Gasteiger partial charge in [-0.25, -0.2) is 0 Å². The summed E-state index contributed by atoms with van der Waals surface area (Å²) in [5.74, 6) is 0. The van der Waals surface area contributed by atoms with Crippen LogP contribution in [-0.4, -0.2) is 4.98 Å². The summed E-state index contributed by atoms with van der Waals surface area (Å²) >= 11 is 0. The number of pyridine rings is 1. The Labute approximate surface area is 79.2 Å². The lowest BCUT2D eigenvalue weighted by atomic mass is 9.97. The number of nitrogens with zero attached hydrogens (tertiary/aromatic N) is 1. The van der Waals surface area contributed by atoms with E-state index in [2.05, 4.69) is 11.1 Å². The van der Waals surface area contributed by atoms with E-state index in [1.807, 2.05) is 0 Å². The molecule has 2 nitrogen and oxygen atoms in total. The van der Waals surface area contributed by atoms with Crippen LogP contribution in [0.4, 0.5) is 5.69 Å². The molecule has 2 rings (SSSR count). The highest BCUT2D eigenvalue weighted by molar-refractivity contribution is 5.40. The van der Waals surface area contributed by atoms with Gasteiger partial charge < -0.3 is 5.73 Å². The molecule has 0 bridgehead atoms. The van der Waals surface area contributed by atoms with Crippen molar-refractivity contribution in [1.29, 1.82) is 0 Å². The van der Waals surface area contributed by atoms with E-state index >= 15 is 0 Å². The smallest absolute Gasteiger partial charge is 0.0503 e. The molecule has 0 spiro atoms. The average Bonchev–Trinajstić information content (AvgIpc) is 2.08. The van der Waals surface area contributed by atoms with E-state index in [4.69, 9.17) is 5.73 Å². The van der Waals surface area contributed by atoms with Gasteiger partial charge >= 0.3 is 0 Å². The first-order chi connectivity index (χ1) is 6.36. The van der Waals surface area contributed by atoms with E-state index < -0.39 is 0 Å². The molecule has 0 unspecified atom stereocenters. The Bertz CT molecular complexity index is 294. The molecule has 0 fully saturated rings. The van der Waals surface area contributed by atoms with E-state index in [0.29, 0.717) is 0 Å². The van der Waals surface area contributed by atoms with Crippen molar-refractivity contribution >= 4 is 5.69 Å². The number of aromatic nitrogens is 1. The van der Waals surface area contributed by atoms with Gasteiger partial charge in [0.25, 0.3) is 0 Å². The standard InChI is InChI=1S/C11H16N2/c12-10-7-9-5-3-1-2-4-6-11(9)13-8-10/h7-8H,1-6,12H2. The second-order valence-electron chi connectivity index (χ2n) is 3.79. The third-order valence-corrected chi connectivity index (χ3v) is 2.69. The first-order valence-electron chi connectivity index (χ1n) is 5.09. The van der Waals surface area contributed by atoms with Crippen molar-refractivity contribution in [2.75, 3.05) is 5.73 Å². The van der Waals surface area contributed by atoms with E-state index in [-0.39, 0.29) is 0 Å². The van der Waals surface area contributed by atoms with Crippen molar-refractivity contribution in [2.24, 2.45) is 0 Å². The average molecular weight is 176 g/mol. The Hall–Kier alpha value is -1.05. The molecular weight excluding hydrogens is 160 g/mol. The summed E-state index contributed by atoms with van der Waals surface area (Å²) < 4.78 is 0. The van der Waals surface area contributed by atoms with Gasteiger partial charge in [-0.1, -0.05) is 12.8 Å². The largest absolute Gasteiger partial charge is 0.397 e. The van der Waals surface area contributed by atoms with Gasteiger partial charge in [-0.05, 0) is 37.3 Å². The van der Waals surface area contributed by atoms with Crippen LogP contribution in [0.15, 0.2) is 12.3 Å².